The molecule has 0 heterocycles. The lowest BCUT2D eigenvalue weighted by Gasteiger charge is -2.36. The van der Waals surface area contributed by atoms with Gasteiger partial charge in [0.1, 0.15) is 0 Å². The van der Waals surface area contributed by atoms with Gasteiger partial charge in [0.2, 0.25) is 0 Å². The average Bonchev–Trinajstić information content (AvgIpc) is 2.48. The minimum Gasteiger partial charge on any atom is -0.391 e. The van der Waals surface area contributed by atoms with E-state index in [2.05, 4.69) is 37.7 Å². The van der Waals surface area contributed by atoms with Crippen LogP contribution in [0.4, 0.5) is 0 Å². The number of nitrogens with zero attached hydrogens (tertiary/aromatic N) is 2. The fourth-order valence-corrected chi connectivity index (χ4v) is 2.88. The van der Waals surface area contributed by atoms with Crippen molar-refractivity contribution >= 4 is 0 Å². The highest BCUT2D eigenvalue weighted by molar-refractivity contribution is 4.82. The molecule has 0 aromatic heterocycles. The lowest BCUT2D eigenvalue weighted by molar-refractivity contribution is 0.0347. The first-order chi connectivity index (χ1) is 8.50. The van der Waals surface area contributed by atoms with Gasteiger partial charge < -0.3 is 10.0 Å². The van der Waals surface area contributed by atoms with Crippen LogP contribution < -0.4 is 0 Å². The van der Waals surface area contributed by atoms with Crippen LogP contribution in [0.5, 0.6) is 0 Å². The Morgan fingerprint density at radius 1 is 1.06 bits per heavy atom. The summed E-state index contributed by atoms with van der Waals surface area (Å²) in [5.41, 5.74) is 0. The van der Waals surface area contributed by atoms with Gasteiger partial charge in [-0.2, -0.15) is 0 Å². The van der Waals surface area contributed by atoms with Gasteiger partial charge in [0.25, 0.3) is 0 Å². The van der Waals surface area contributed by atoms with Crippen LogP contribution in [0.25, 0.3) is 0 Å². The predicted octanol–water partition coefficient (Wildman–Crippen LogP) is 2.20. The van der Waals surface area contributed by atoms with Crippen molar-refractivity contribution < 1.29 is 5.11 Å². The van der Waals surface area contributed by atoms with Crippen LogP contribution in [0.3, 0.4) is 0 Å². The molecule has 2 unspecified atom stereocenters. The van der Waals surface area contributed by atoms with E-state index in [9.17, 15) is 5.11 Å². The van der Waals surface area contributed by atoms with Crippen molar-refractivity contribution in [3.8, 4) is 0 Å². The molecule has 1 aliphatic rings. The van der Waals surface area contributed by atoms with E-state index in [4.69, 9.17) is 0 Å². The molecule has 0 aromatic carbocycles. The smallest absolute Gasteiger partial charge is 0.0695 e. The molecule has 3 nitrogen and oxygen atoms in total. The highest BCUT2D eigenvalue weighted by Crippen LogP contribution is 2.23. The van der Waals surface area contributed by atoms with Gasteiger partial charge in [-0.25, -0.2) is 0 Å². The van der Waals surface area contributed by atoms with Crippen LogP contribution in [-0.4, -0.2) is 60.8 Å². The molecule has 0 radical (unpaired) electrons. The van der Waals surface area contributed by atoms with Gasteiger partial charge in [0.05, 0.1) is 6.10 Å². The third-order valence-corrected chi connectivity index (χ3v) is 3.85. The molecule has 0 spiro atoms. The van der Waals surface area contributed by atoms with Gasteiger partial charge in [-0.3, -0.25) is 4.90 Å². The molecular formula is C15H32N2O. The summed E-state index contributed by atoms with van der Waals surface area (Å²) in [5, 5.41) is 10.3. The van der Waals surface area contributed by atoms with Gasteiger partial charge in [0, 0.05) is 25.7 Å². The van der Waals surface area contributed by atoms with Crippen molar-refractivity contribution in [3.05, 3.63) is 0 Å². The van der Waals surface area contributed by atoms with Crippen molar-refractivity contribution in [2.45, 2.75) is 58.1 Å². The maximum Gasteiger partial charge on any atom is 0.0695 e. The highest BCUT2D eigenvalue weighted by atomic mass is 16.3. The molecule has 0 saturated heterocycles. The molecule has 2 atom stereocenters. The molecule has 1 N–H and O–H groups in total. The van der Waals surface area contributed by atoms with Crippen LogP contribution in [0, 0.1) is 5.92 Å². The quantitative estimate of drug-likeness (QED) is 0.738. The number of hydrogen-bond acceptors (Lipinski definition) is 3. The lowest BCUT2D eigenvalue weighted by atomic mass is 10.0. The lowest BCUT2D eigenvalue weighted by Crippen LogP contribution is -2.47. The third-order valence-electron chi connectivity index (χ3n) is 3.85. The Kier molecular flexibility index (Phi) is 7.20. The van der Waals surface area contributed by atoms with Crippen molar-refractivity contribution in [1.29, 1.82) is 0 Å². The van der Waals surface area contributed by atoms with E-state index in [0.717, 1.165) is 26.1 Å². The summed E-state index contributed by atoms with van der Waals surface area (Å²) in [7, 11) is 4.24. The summed E-state index contributed by atoms with van der Waals surface area (Å²) >= 11 is 0. The van der Waals surface area contributed by atoms with E-state index < -0.39 is 0 Å². The van der Waals surface area contributed by atoms with Crippen molar-refractivity contribution in [1.82, 2.24) is 9.80 Å². The monoisotopic (exact) mass is 256 g/mol. The zero-order valence-electron chi connectivity index (χ0n) is 12.7. The van der Waals surface area contributed by atoms with Crippen LogP contribution in [0.15, 0.2) is 0 Å². The number of aliphatic hydroxyl groups excluding tert-OH is 1. The first-order valence-corrected chi connectivity index (χ1v) is 7.57. The zero-order valence-corrected chi connectivity index (χ0v) is 12.7. The number of aliphatic hydroxyl groups is 1. The molecule has 3 heteroatoms. The topological polar surface area (TPSA) is 26.7 Å². The van der Waals surface area contributed by atoms with E-state index in [1.165, 1.54) is 25.7 Å². The van der Waals surface area contributed by atoms with Crippen LogP contribution in [-0.2, 0) is 0 Å². The minimum absolute atomic E-state index is 0.117. The molecule has 1 saturated carbocycles. The summed E-state index contributed by atoms with van der Waals surface area (Å²) in [6.07, 6.45) is 5.80. The van der Waals surface area contributed by atoms with Crippen molar-refractivity contribution in [3.63, 3.8) is 0 Å². The second-order valence-electron chi connectivity index (χ2n) is 6.46. The van der Waals surface area contributed by atoms with E-state index in [0.29, 0.717) is 12.0 Å². The van der Waals surface area contributed by atoms with E-state index in [-0.39, 0.29) is 6.10 Å². The SMILES string of the molecule is CC(C)CN(CCN(C)C)C1CCCCCC1O. The fraction of sp³-hybridized carbons (Fsp3) is 1.00. The molecule has 0 amide bonds. The molecule has 0 aromatic rings. The minimum atomic E-state index is -0.117. The highest BCUT2D eigenvalue weighted by Gasteiger charge is 2.27. The average molecular weight is 256 g/mol. The summed E-state index contributed by atoms with van der Waals surface area (Å²) in [6.45, 7) is 7.80. The normalized spacial score (nSPS) is 26.0. The van der Waals surface area contributed by atoms with Gasteiger partial charge in [0.15, 0.2) is 0 Å². The molecule has 1 rings (SSSR count). The van der Waals surface area contributed by atoms with E-state index >= 15 is 0 Å². The Morgan fingerprint density at radius 3 is 2.33 bits per heavy atom. The first kappa shape index (κ1) is 15.9. The largest absolute Gasteiger partial charge is 0.391 e. The second kappa shape index (κ2) is 8.13. The van der Waals surface area contributed by atoms with Gasteiger partial charge in [-0.15, -0.1) is 0 Å². The molecule has 0 aliphatic heterocycles. The molecule has 18 heavy (non-hydrogen) atoms. The zero-order chi connectivity index (χ0) is 13.5. The molecule has 1 fully saturated rings. The summed E-state index contributed by atoms with van der Waals surface area (Å²) in [4.78, 5) is 4.76. The second-order valence-corrected chi connectivity index (χ2v) is 6.46. The Labute approximate surface area is 113 Å². The van der Waals surface area contributed by atoms with Crippen molar-refractivity contribution in [2.24, 2.45) is 5.92 Å². The van der Waals surface area contributed by atoms with Gasteiger partial charge >= 0.3 is 0 Å². The van der Waals surface area contributed by atoms with Crippen LogP contribution in [0.2, 0.25) is 0 Å². The Bertz CT molecular complexity index is 219. The predicted molar refractivity (Wildman–Crippen MR) is 77.8 cm³/mol. The molecule has 108 valence electrons. The molecular weight excluding hydrogens is 224 g/mol. The summed E-state index contributed by atoms with van der Waals surface area (Å²) in [6, 6.07) is 0.384. The fourth-order valence-electron chi connectivity index (χ4n) is 2.88. The third kappa shape index (κ3) is 5.68. The number of hydrogen-bond donors (Lipinski definition) is 1. The number of rotatable bonds is 6. The maximum atomic E-state index is 10.3. The molecule has 0 bridgehead atoms. The van der Waals surface area contributed by atoms with Crippen LogP contribution >= 0.6 is 0 Å². The summed E-state index contributed by atoms with van der Waals surface area (Å²) in [5.74, 6) is 0.669. The van der Waals surface area contributed by atoms with E-state index in [1.54, 1.807) is 0 Å². The van der Waals surface area contributed by atoms with Gasteiger partial charge in [-0.1, -0.05) is 33.1 Å². The van der Waals surface area contributed by atoms with Gasteiger partial charge in [-0.05, 0) is 32.9 Å². The van der Waals surface area contributed by atoms with Crippen LogP contribution in [0.1, 0.15) is 46.0 Å². The number of likely N-dealkylation sites (N-methyl/N-ethyl adjacent to an activating group) is 1. The molecule has 1 aliphatic carbocycles. The Hall–Kier alpha value is -0.120. The van der Waals surface area contributed by atoms with Crippen molar-refractivity contribution in [2.75, 3.05) is 33.7 Å². The Morgan fingerprint density at radius 2 is 1.72 bits per heavy atom. The summed E-state index contributed by atoms with van der Waals surface area (Å²) < 4.78 is 0. The first-order valence-electron chi connectivity index (χ1n) is 7.57. The van der Waals surface area contributed by atoms with E-state index in [1.807, 2.05) is 0 Å². The standard InChI is InChI=1S/C15H32N2O/c1-13(2)12-17(11-10-16(3)4)14-8-6-5-7-9-15(14)18/h13-15,18H,5-12H2,1-4H3. The maximum absolute atomic E-state index is 10.3. The Balaban J connectivity index is 2.59.